The summed E-state index contributed by atoms with van der Waals surface area (Å²) in [7, 11) is 4.83. The molecule has 156 valence electrons. The predicted molar refractivity (Wildman–Crippen MR) is 110 cm³/mol. The summed E-state index contributed by atoms with van der Waals surface area (Å²) in [5, 5.41) is 6.24. The van der Waals surface area contributed by atoms with Gasteiger partial charge in [0.05, 0.1) is 21.3 Å². The molecule has 0 radical (unpaired) electrons. The highest BCUT2D eigenvalue weighted by atomic mass is 16.5. The molecule has 29 heavy (non-hydrogen) atoms. The first-order valence-corrected chi connectivity index (χ1v) is 9.30. The number of nitrogens with one attached hydrogen (secondary N) is 5. The second-order valence-electron chi connectivity index (χ2n) is 6.47. The topological polar surface area (TPSA) is 105 Å². The van der Waals surface area contributed by atoms with Crippen molar-refractivity contribution < 1.29 is 19.0 Å². The van der Waals surface area contributed by atoms with Gasteiger partial charge in [0.25, 0.3) is 0 Å². The van der Waals surface area contributed by atoms with E-state index in [-0.39, 0.29) is 12.1 Å². The van der Waals surface area contributed by atoms with E-state index in [1.807, 2.05) is 42.5 Å². The number of hydrogen-bond acceptors (Lipinski definition) is 8. The fraction of sp³-hybridized carbons (Fsp3) is 0.350. The molecule has 1 amide bonds. The molecule has 1 aliphatic heterocycles. The molecule has 0 spiro atoms. The van der Waals surface area contributed by atoms with Crippen LogP contribution in [0.5, 0.6) is 17.2 Å². The van der Waals surface area contributed by atoms with Crippen molar-refractivity contribution >= 4 is 11.6 Å². The number of hydrazine groups is 2. The molecule has 2 aromatic rings. The second kappa shape index (κ2) is 9.97. The van der Waals surface area contributed by atoms with Gasteiger partial charge in [-0.15, -0.1) is 0 Å². The average Bonchev–Trinajstić information content (AvgIpc) is 3.22. The standard InChI is InChI=1S/C20H27N5O4/c1-27-15-7-5-14(6-8-15)22-19-18(23-25-24-19)20(26)21-11-10-13-4-9-16(28-2)17(12-13)29-3/h4-9,12,18-19,22-25H,10-11H2,1-3H3,(H,21,26). The Hall–Kier alpha value is -3.01. The van der Waals surface area contributed by atoms with Crippen molar-refractivity contribution in [2.75, 3.05) is 33.2 Å². The Bertz CT molecular complexity index is 815. The van der Waals surface area contributed by atoms with Gasteiger partial charge in [0.1, 0.15) is 18.0 Å². The lowest BCUT2D eigenvalue weighted by Gasteiger charge is -2.20. The van der Waals surface area contributed by atoms with Gasteiger partial charge in [-0.3, -0.25) is 4.79 Å². The van der Waals surface area contributed by atoms with Crippen molar-refractivity contribution in [3.8, 4) is 17.2 Å². The number of benzene rings is 2. The Morgan fingerprint density at radius 2 is 1.72 bits per heavy atom. The molecule has 0 aliphatic carbocycles. The van der Waals surface area contributed by atoms with Crippen molar-refractivity contribution in [3.63, 3.8) is 0 Å². The Morgan fingerprint density at radius 1 is 0.966 bits per heavy atom. The summed E-state index contributed by atoms with van der Waals surface area (Å²) >= 11 is 0. The summed E-state index contributed by atoms with van der Waals surface area (Å²) in [5.74, 6) is 2.01. The van der Waals surface area contributed by atoms with Crippen LogP contribution in [0.2, 0.25) is 0 Å². The number of carbonyl (C=O) groups excluding carboxylic acids is 1. The molecule has 0 aromatic heterocycles. The molecule has 1 aliphatic rings. The highest BCUT2D eigenvalue weighted by molar-refractivity contribution is 5.83. The fourth-order valence-electron chi connectivity index (χ4n) is 3.04. The summed E-state index contributed by atoms with van der Waals surface area (Å²) in [6, 6.07) is 12.7. The zero-order valence-corrected chi connectivity index (χ0v) is 16.7. The normalized spacial score (nSPS) is 18.2. The lowest BCUT2D eigenvalue weighted by Crippen LogP contribution is -2.50. The predicted octanol–water partition coefficient (Wildman–Crippen LogP) is 0.790. The lowest BCUT2D eigenvalue weighted by molar-refractivity contribution is -0.123. The van der Waals surface area contributed by atoms with E-state index in [0.29, 0.717) is 24.5 Å². The van der Waals surface area contributed by atoms with Gasteiger partial charge in [-0.1, -0.05) is 6.07 Å². The van der Waals surface area contributed by atoms with E-state index in [9.17, 15) is 4.79 Å². The molecular formula is C20H27N5O4. The lowest BCUT2D eigenvalue weighted by atomic mass is 10.1. The average molecular weight is 401 g/mol. The van der Waals surface area contributed by atoms with Gasteiger partial charge >= 0.3 is 0 Å². The molecule has 9 heteroatoms. The maximum atomic E-state index is 12.6. The zero-order chi connectivity index (χ0) is 20.6. The van der Waals surface area contributed by atoms with Gasteiger partial charge < -0.3 is 24.8 Å². The number of hydrogen-bond donors (Lipinski definition) is 5. The fourth-order valence-corrected chi connectivity index (χ4v) is 3.04. The Balaban J connectivity index is 1.51. The summed E-state index contributed by atoms with van der Waals surface area (Å²) < 4.78 is 15.7. The molecule has 1 saturated heterocycles. The number of anilines is 1. The van der Waals surface area contributed by atoms with E-state index in [2.05, 4.69) is 27.0 Å². The van der Waals surface area contributed by atoms with Gasteiger partial charge in [0, 0.05) is 12.2 Å². The van der Waals surface area contributed by atoms with E-state index in [0.717, 1.165) is 17.0 Å². The molecule has 1 fully saturated rings. The minimum atomic E-state index is -0.484. The maximum Gasteiger partial charge on any atom is 0.242 e. The summed E-state index contributed by atoms with van der Waals surface area (Å²) in [6.07, 6.45) is 0.362. The van der Waals surface area contributed by atoms with Gasteiger partial charge in [-0.05, 0) is 48.4 Å². The molecule has 2 unspecified atom stereocenters. The van der Waals surface area contributed by atoms with Crippen LogP contribution in [0.25, 0.3) is 0 Å². The van der Waals surface area contributed by atoms with Crippen molar-refractivity contribution in [1.82, 2.24) is 21.7 Å². The summed E-state index contributed by atoms with van der Waals surface area (Å²) in [5.41, 5.74) is 10.7. The highest BCUT2D eigenvalue weighted by Crippen LogP contribution is 2.27. The van der Waals surface area contributed by atoms with Crippen LogP contribution in [-0.2, 0) is 11.2 Å². The van der Waals surface area contributed by atoms with E-state index in [1.54, 1.807) is 21.3 Å². The molecule has 9 nitrogen and oxygen atoms in total. The van der Waals surface area contributed by atoms with Gasteiger partial charge in [0.2, 0.25) is 5.91 Å². The van der Waals surface area contributed by atoms with Crippen LogP contribution in [-0.4, -0.2) is 46.0 Å². The van der Waals surface area contributed by atoms with Crippen LogP contribution in [0.3, 0.4) is 0 Å². The number of ether oxygens (including phenoxy) is 3. The first-order chi connectivity index (χ1) is 14.1. The van der Waals surface area contributed by atoms with Crippen LogP contribution in [0.1, 0.15) is 5.56 Å². The van der Waals surface area contributed by atoms with Crippen LogP contribution < -0.4 is 41.2 Å². The molecular weight excluding hydrogens is 374 g/mol. The Morgan fingerprint density at radius 3 is 2.41 bits per heavy atom. The van der Waals surface area contributed by atoms with Crippen LogP contribution in [0, 0.1) is 0 Å². The Labute approximate surface area is 170 Å². The van der Waals surface area contributed by atoms with Crippen LogP contribution in [0.15, 0.2) is 42.5 Å². The monoisotopic (exact) mass is 401 g/mol. The SMILES string of the molecule is COc1ccc(NC2NNNC2C(=O)NCCc2ccc(OC)c(OC)c2)cc1. The van der Waals surface area contributed by atoms with E-state index in [1.165, 1.54) is 0 Å². The first-order valence-electron chi connectivity index (χ1n) is 9.30. The Kier molecular flexibility index (Phi) is 7.12. The maximum absolute atomic E-state index is 12.6. The van der Waals surface area contributed by atoms with Crippen LogP contribution >= 0.6 is 0 Å². The second-order valence-corrected chi connectivity index (χ2v) is 6.47. The van der Waals surface area contributed by atoms with Gasteiger partial charge in [0.15, 0.2) is 11.5 Å². The number of rotatable bonds is 9. The minimum absolute atomic E-state index is 0.117. The van der Waals surface area contributed by atoms with Gasteiger partial charge in [-0.2, -0.15) is 5.53 Å². The van der Waals surface area contributed by atoms with E-state index >= 15 is 0 Å². The van der Waals surface area contributed by atoms with E-state index in [4.69, 9.17) is 14.2 Å². The largest absolute Gasteiger partial charge is 0.497 e. The summed E-state index contributed by atoms with van der Waals surface area (Å²) in [4.78, 5) is 12.6. The molecule has 2 aromatic carbocycles. The number of amides is 1. The third-order valence-corrected chi connectivity index (χ3v) is 4.64. The van der Waals surface area contributed by atoms with Gasteiger partial charge in [-0.25, -0.2) is 10.9 Å². The number of carbonyl (C=O) groups is 1. The third-order valence-electron chi connectivity index (χ3n) is 4.64. The molecule has 2 atom stereocenters. The molecule has 1 heterocycles. The van der Waals surface area contributed by atoms with Crippen molar-refractivity contribution in [2.24, 2.45) is 0 Å². The van der Waals surface area contributed by atoms with E-state index < -0.39 is 6.04 Å². The third kappa shape index (κ3) is 5.29. The van der Waals surface area contributed by atoms with Crippen molar-refractivity contribution in [1.29, 1.82) is 0 Å². The highest BCUT2D eigenvalue weighted by Gasteiger charge is 2.32. The molecule has 3 rings (SSSR count). The minimum Gasteiger partial charge on any atom is -0.497 e. The molecule has 5 N–H and O–H groups in total. The number of methoxy groups -OCH3 is 3. The zero-order valence-electron chi connectivity index (χ0n) is 16.7. The first kappa shape index (κ1) is 20.7. The molecule has 0 bridgehead atoms. The van der Waals surface area contributed by atoms with Crippen molar-refractivity contribution in [3.05, 3.63) is 48.0 Å². The van der Waals surface area contributed by atoms with Crippen molar-refractivity contribution in [2.45, 2.75) is 18.6 Å². The quantitative estimate of drug-likeness (QED) is 0.420. The molecule has 0 saturated carbocycles. The summed E-state index contributed by atoms with van der Waals surface area (Å²) in [6.45, 7) is 0.502. The smallest absolute Gasteiger partial charge is 0.242 e. The van der Waals surface area contributed by atoms with Crippen LogP contribution in [0.4, 0.5) is 5.69 Å².